The summed E-state index contributed by atoms with van der Waals surface area (Å²) in [5, 5.41) is 0. The van der Waals surface area contributed by atoms with E-state index in [1.807, 2.05) is 0 Å². The molecular formula is C11H16N2OS. The molecule has 1 aliphatic rings. The van der Waals surface area contributed by atoms with Crippen LogP contribution in [0.3, 0.4) is 0 Å². The van der Waals surface area contributed by atoms with Crippen LogP contribution < -0.4 is 0 Å². The zero-order chi connectivity index (χ0) is 10.7. The molecule has 0 amide bonds. The molecule has 0 saturated carbocycles. The molecule has 1 aliphatic carbocycles. The smallest absolute Gasteiger partial charge is 0.133 e. The number of nitrogens with one attached hydrogen (secondary N) is 1. The molecule has 1 N–H and O–H groups in total. The Bertz CT molecular complexity index is 400. The van der Waals surface area contributed by atoms with Gasteiger partial charge in [0, 0.05) is 31.4 Å². The van der Waals surface area contributed by atoms with E-state index in [2.05, 4.69) is 9.97 Å². The topological polar surface area (TPSA) is 37.9 Å². The van der Waals surface area contributed by atoms with Crippen LogP contribution in [0.5, 0.6) is 0 Å². The predicted octanol–water partition coefficient (Wildman–Crippen LogP) is 2.21. The van der Waals surface area contributed by atoms with Crippen molar-refractivity contribution < 1.29 is 4.74 Å². The first-order chi connectivity index (χ1) is 7.31. The Morgan fingerprint density at radius 2 is 2.33 bits per heavy atom. The molecule has 0 aromatic carbocycles. The van der Waals surface area contributed by atoms with Gasteiger partial charge in [0.2, 0.25) is 0 Å². The zero-order valence-electron chi connectivity index (χ0n) is 9.01. The molecule has 0 saturated heterocycles. The molecule has 0 bridgehead atoms. The van der Waals surface area contributed by atoms with Gasteiger partial charge >= 0.3 is 0 Å². The van der Waals surface area contributed by atoms with Gasteiger partial charge < -0.3 is 9.72 Å². The SMILES string of the molecule is COCCCc1nc(=S)c2c([nH]1)CCC2. The fraction of sp³-hybridized carbons (Fsp3) is 0.636. The van der Waals surface area contributed by atoms with Gasteiger partial charge in [-0.3, -0.25) is 0 Å². The van der Waals surface area contributed by atoms with Crippen molar-refractivity contribution in [2.24, 2.45) is 0 Å². The van der Waals surface area contributed by atoms with E-state index in [1.165, 1.54) is 17.7 Å². The number of hydrogen-bond acceptors (Lipinski definition) is 3. The normalized spacial score (nSPS) is 14.2. The minimum Gasteiger partial charge on any atom is -0.385 e. The molecule has 0 radical (unpaired) electrons. The van der Waals surface area contributed by atoms with E-state index < -0.39 is 0 Å². The van der Waals surface area contributed by atoms with E-state index in [-0.39, 0.29) is 0 Å². The van der Waals surface area contributed by atoms with E-state index in [4.69, 9.17) is 17.0 Å². The monoisotopic (exact) mass is 224 g/mol. The zero-order valence-corrected chi connectivity index (χ0v) is 9.82. The molecule has 0 spiro atoms. The van der Waals surface area contributed by atoms with Crippen molar-refractivity contribution in [3.05, 3.63) is 21.7 Å². The van der Waals surface area contributed by atoms with Crippen LogP contribution in [-0.4, -0.2) is 23.7 Å². The lowest BCUT2D eigenvalue weighted by Gasteiger charge is -2.05. The number of hydrogen-bond donors (Lipinski definition) is 1. The molecule has 15 heavy (non-hydrogen) atoms. The maximum absolute atomic E-state index is 5.28. The minimum atomic E-state index is 0.777. The lowest BCUT2D eigenvalue weighted by atomic mass is 10.2. The Morgan fingerprint density at radius 1 is 1.47 bits per heavy atom. The largest absolute Gasteiger partial charge is 0.385 e. The Kier molecular flexibility index (Phi) is 3.49. The third-order valence-electron chi connectivity index (χ3n) is 2.77. The summed E-state index contributed by atoms with van der Waals surface area (Å²) in [7, 11) is 1.72. The van der Waals surface area contributed by atoms with Gasteiger partial charge in [-0.25, -0.2) is 4.98 Å². The fourth-order valence-corrected chi connectivity index (χ4v) is 2.35. The lowest BCUT2D eigenvalue weighted by molar-refractivity contribution is 0.194. The molecule has 82 valence electrons. The number of aromatic amines is 1. The van der Waals surface area contributed by atoms with Gasteiger partial charge in [0.15, 0.2) is 0 Å². The molecule has 0 atom stereocenters. The number of aryl methyl sites for hydroxylation is 2. The van der Waals surface area contributed by atoms with E-state index in [0.29, 0.717) is 0 Å². The molecular weight excluding hydrogens is 208 g/mol. The predicted molar refractivity (Wildman–Crippen MR) is 61.6 cm³/mol. The van der Waals surface area contributed by atoms with Crippen LogP contribution >= 0.6 is 12.2 Å². The van der Waals surface area contributed by atoms with Crippen molar-refractivity contribution in [2.45, 2.75) is 32.1 Å². The molecule has 3 nitrogen and oxygen atoms in total. The van der Waals surface area contributed by atoms with Crippen molar-refractivity contribution in [1.82, 2.24) is 9.97 Å². The number of rotatable bonds is 4. The number of ether oxygens (including phenoxy) is 1. The van der Waals surface area contributed by atoms with Crippen LogP contribution in [0.4, 0.5) is 0 Å². The van der Waals surface area contributed by atoms with Crippen LogP contribution in [-0.2, 0) is 24.0 Å². The fourth-order valence-electron chi connectivity index (χ4n) is 2.01. The highest BCUT2D eigenvalue weighted by Crippen LogP contribution is 2.20. The van der Waals surface area contributed by atoms with Gasteiger partial charge in [-0.05, 0) is 25.7 Å². The molecule has 1 heterocycles. The summed E-state index contributed by atoms with van der Waals surface area (Å²) in [4.78, 5) is 7.81. The summed E-state index contributed by atoms with van der Waals surface area (Å²) in [5.74, 6) is 1.01. The maximum Gasteiger partial charge on any atom is 0.133 e. The molecule has 0 fully saturated rings. The number of nitrogens with zero attached hydrogens (tertiary/aromatic N) is 1. The van der Waals surface area contributed by atoms with Gasteiger partial charge in [0.05, 0.1) is 0 Å². The number of H-pyrrole nitrogens is 1. The molecule has 1 aromatic heterocycles. The van der Waals surface area contributed by atoms with Gasteiger partial charge in [-0.2, -0.15) is 0 Å². The third kappa shape index (κ3) is 2.44. The second-order valence-corrected chi connectivity index (χ2v) is 4.28. The van der Waals surface area contributed by atoms with Crippen LogP contribution in [0.1, 0.15) is 29.9 Å². The van der Waals surface area contributed by atoms with Crippen molar-refractivity contribution in [1.29, 1.82) is 0 Å². The van der Waals surface area contributed by atoms with Crippen LogP contribution in [0.15, 0.2) is 0 Å². The van der Waals surface area contributed by atoms with Gasteiger partial charge in [-0.15, -0.1) is 0 Å². The van der Waals surface area contributed by atoms with Gasteiger partial charge in [0.25, 0.3) is 0 Å². The lowest BCUT2D eigenvalue weighted by Crippen LogP contribution is -2.02. The number of fused-ring (bicyclic) bond motifs is 1. The minimum absolute atomic E-state index is 0.777. The molecule has 2 rings (SSSR count). The van der Waals surface area contributed by atoms with E-state index in [1.54, 1.807) is 7.11 Å². The summed E-state index contributed by atoms with van der Waals surface area (Å²) in [6.07, 6.45) is 5.34. The summed E-state index contributed by atoms with van der Waals surface area (Å²) in [5.41, 5.74) is 2.57. The average molecular weight is 224 g/mol. The van der Waals surface area contributed by atoms with Crippen molar-refractivity contribution in [3.63, 3.8) is 0 Å². The standard InChI is InChI=1S/C11H16N2OS/c1-14-7-3-6-10-12-9-5-2-4-8(9)11(15)13-10/h2-7H2,1H3,(H,12,13,15). The molecule has 0 aliphatic heterocycles. The van der Waals surface area contributed by atoms with Gasteiger partial charge in [-0.1, -0.05) is 12.2 Å². The first kappa shape index (κ1) is 10.8. The van der Waals surface area contributed by atoms with Crippen molar-refractivity contribution in [2.75, 3.05) is 13.7 Å². The number of aromatic nitrogens is 2. The average Bonchev–Trinajstić information content (AvgIpc) is 2.66. The highest BCUT2D eigenvalue weighted by molar-refractivity contribution is 7.71. The van der Waals surface area contributed by atoms with E-state index in [0.717, 1.165) is 42.8 Å². The summed E-state index contributed by atoms with van der Waals surface area (Å²) in [6, 6.07) is 0. The van der Waals surface area contributed by atoms with E-state index >= 15 is 0 Å². The molecule has 1 aromatic rings. The second-order valence-electron chi connectivity index (χ2n) is 3.90. The summed E-state index contributed by atoms with van der Waals surface area (Å²) < 4.78 is 5.82. The summed E-state index contributed by atoms with van der Waals surface area (Å²) >= 11 is 5.28. The van der Waals surface area contributed by atoms with E-state index in [9.17, 15) is 0 Å². The second kappa shape index (κ2) is 4.86. The van der Waals surface area contributed by atoms with Crippen LogP contribution in [0.25, 0.3) is 0 Å². The maximum atomic E-state index is 5.28. The Balaban J connectivity index is 2.13. The summed E-state index contributed by atoms with van der Waals surface area (Å²) in [6.45, 7) is 0.777. The quantitative estimate of drug-likeness (QED) is 0.629. The Morgan fingerprint density at radius 3 is 3.13 bits per heavy atom. The van der Waals surface area contributed by atoms with Crippen LogP contribution in [0, 0.1) is 4.64 Å². The van der Waals surface area contributed by atoms with Crippen LogP contribution in [0.2, 0.25) is 0 Å². The number of methoxy groups -OCH3 is 1. The Hall–Kier alpha value is -0.740. The Labute approximate surface area is 94.9 Å². The third-order valence-corrected chi connectivity index (χ3v) is 3.11. The molecule has 4 heteroatoms. The highest BCUT2D eigenvalue weighted by Gasteiger charge is 2.14. The first-order valence-corrected chi connectivity index (χ1v) is 5.82. The first-order valence-electron chi connectivity index (χ1n) is 5.41. The van der Waals surface area contributed by atoms with Crippen molar-refractivity contribution in [3.8, 4) is 0 Å². The van der Waals surface area contributed by atoms with Crippen molar-refractivity contribution >= 4 is 12.2 Å². The highest BCUT2D eigenvalue weighted by atomic mass is 32.1. The molecule has 0 unspecified atom stereocenters. The van der Waals surface area contributed by atoms with Gasteiger partial charge in [0.1, 0.15) is 10.5 Å².